The number of hydrogen-bond donors (Lipinski definition) is 2. The maximum Gasteiger partial charge on any atom is 0.238 e. The Labute approximate surface area is 109 Å². The fourth-order valence-corrected chi connectivity index (χ4v) is 1.60. The van der Waals surface area contributed by atoms with Gasteiger partial charge in [0.05, 0.1) is 12.2 Å². The van der Waals surface area contributed by atoms with Crippen molar-refractivity contribution in [1.29, 1.82) is 0 Å². The summed E-state index contributed by atoms with van der Waals surface area (Å²) >= 11 is 9.19. The first-order valence-electron chi connectivity index (χ1n) is 4.97. The molecule has 1 aromatic rings. The summed E-state index contributed by atoms with van der Waals surface area (Å²) in [7, 11) is 0. The second kappa shape index (κ2) is 6.23. The Kier molecular flexibility index (Phi) is 5.25. The van der Waals surface area contributed by atoms with E-state index in [1.165, 1.54) is 0 Å². The van der Waals surface area contributed by atoms with Crippen molar-refractivity contribution in [2.45, 2.75) is 19.9 Å². The number of carbonyl (C=O) groups is 1. The molecule has 1 rings (SSSR count). The molecular formula is C11H14BrClN2O. The van der Waals surface area contributed by atoms with Crippen molar-refractivity contribution in [2.75, 3.05) is 11.9 Å². The van der Waals surface area contributed by atoms with Crippen LogP contribution >= 0.6 is 27.5 Å². The molecule has 0 atom stereocenters. The van der Waals surface area contributed by atoms with Gasteiger partial charge in [0.1, 0.15) is 0 Å². The van der Waals surface area contributed by atoms with Crippen LogP contribution in [0.3, 0.4) is 0 Å². The first-order chi connectivity index (χ1) is 7.49. The Morgan fingerprint density at radius 1 is 1.50 bits per heavy atom. The van der Waals surface area contributed by atoms with Gasteiger partial charge in [-0.15, -0.1) is 0 Å². The summed E-state index contributed by atoms with van der Waals surface area (Å²) < 4.78 is 0.815. The van der Waals surface area contributed by atoms with E-state index in [-0.39, 0.29) is 18.5 Å². The predicted octanol–water partition coefficient (Wildman–Crippen LogP) is 3.04. The van der Waals surface area contributed by atoms with Gasteiger partial charge in [0.2, 0.25) is 5.91 Å². The average molecular weight is 306 g/mol. The third-order valence-electron chi connectivity index (χ3n) is 1.87. The minimum absolute atomic E-state index is 0.0864. The van der Waals surface area contributed by atoms with Crippen molar-refractivity contribution in [3.63, 3.8) is 0 Å². The molecule has 5 heteroatoms. The van der Waals surface area contributed by atoms with Gasteiger partial charge in [-0.05, 0) is 34.1 Å². The van der Waals surface area contributed by atoms with E-state index in [1.807, 2.05) is 13.8 Å². The topological polar surface area (TPSA) is 41.1 Å². The molecule has 1 aromatic carbocycles. The number of anilines is 1. The molecule has 0 saturated heterocycles. The summed E-state index contributed by atoms with van der Waals surface area (Å²) in [6.07, 6.45) is 0. The van der Waals surface area contributed by atoms with E-state index < -0.39 is 0 Å². The number of amides is 1. The summed E-state index contributed by atoms with van der Waals surface area (Å²) in [5.41, 5.74) is 0.683. The maximum absolute atomic E-state index is 11.5. The van der Waals surface area contributed by atoms with Crippen molar-refractivity contribution in [2.24, 2.45) is 0 Å². The van der Waals surface area contributed by atoms with E-state index >= 15 is 0 Å². The molecule has 0 radical (unpaired) electrons. The van der Waals surface area contributed by atoms with Gasteiger partial charge in [-0.2, -0.15) is 0 Å². The SMILES string of the molecule is CC(C)NCC(=O)Nc1cc(Cl)ccc1Br. The lowest BCUT2D eigenvalue weighted by Crippen LogP contribution is -2.32. The van der Waals surface area contributed by atoms with Crippen LogP contribution in [0.15, 0.2) is 22.7 Å². The van der Waals surface area contributed by atoms with Crippen LogP contribution in [-0.4, -0.2) is 18.5 Å². The van der Waals surface area contributed by atoms with E-state index in [4.69, 9.17) is 11.6 Å². The molecule has 16 heavy (non-hydrogen) atoms. The van der Waals surface area contributed by atoms with E-state index in [9.17, 15) is 4.79 Å². The van der Waals surface area contributed by atoms with Crippen LogP contribution in [0.1, 0.15) is 13.8 Å². The molecule has 1 amide bonds. The van der Waals surface area contributed by atoms with Gasteiger partial charge in [0.25, 0.3) is 0 Å². The van der Waals surface area contributed by atoms with Crippen molar-refractivity contribution in [3.05, 3.63) is 27.7 Å². The van der Waals surface area contributed by atoms with Crippen LogP contribution in [0.4, 0.5) is 5.69 Å². The van der Waals surface area contributed by atoms with E-state index in [1.54, 1.807) is 18.2 Å². The van der Waals surface area contributed by atoms with Gasteiger partial charge in [-0.25, -0.2) is 0 Å². The second-order valence-electron chi connectivity index (χ2n) is 3.71. The van der Waals surface area contributed by atoms with E-state index in [0.29, 0.717) is 10.7 Å². The second-order valence-corrected chi connectivity index (χ2v) is 5.00. The number of nitrogens with one attached hydrogen (secondary N) is 2. The fraction of sp³-hybridized carbons (Fsp3) is 0.364. The number of rotatable bonds is 4. The number of halogens is 2. The first-order valence-corrected chi connectivity index (χ1v) is 6.14. The molecule has 0 fully saturated rings. The molecule has 0 saturated carbocycles. The average Bonchev–Trinajstić information content (AvgIpc) is 2.20. The molecule has 88 valence electrons. The van der Waals surface area contributed by atoms with Crippen LogP contribution in [0, 0.1) is 0 Å². The van der Waals surface area contributed by atoms with Crippen molar-refractivity contribution in [3.8, 4) is 0 Å². The minimum atomic E-state index is -0.0864. The smallest absolute Gasteiger partial charge is 0.238 e. The summed E-state index contributed by atoms with van der Waals surface area (Å²) in [6.45, 7) is 4.27. The number of benzene rings is 1. The monoisotopic (exact) mass is 304 g/mol. The van der Waals surface area contributed by atoms with E-state index in [2.05, 4.69) is 26.6 Å². The lowest BCUT2D eigenvalue weighted by molar-refractivity contribution is -0.115. The Bertz CT molecular complexity index is 382. The Balaban J connectivity index is 2.59. The standard InChI is InChI=1S/C11H14BrClN2O/c1-7(2)14-6-11(16)15-10-5-8(13)3-4-9(10)12/h3-5,7,14H,6H2,1-2H3,(H,15,16). The van der Waals surface area contributed by atoms with Crippen LogP contribution in [0.2, 0.25) is 5.02 Å². The Hall–Kier alpha value is -0.580. The lowest BCUT2D eigenvalue weighted by Gasteiger charge is -2.10. The third-order valence-corrected chi connectivity index (χ3v) is 2.80. The third kappa shape index (κ3) is 4.51. The van der Waals surface area contributed by atoms with Crippen LogP contribution in [0.25, 0.3) is 0 Å². The molecule has 0 bridgehead atoms. The van der Waals surface area contributed by atoms with Gasteiger partial charge >= 0.3 is 0 Å². The van der Waals surface area contributed by atoms with Gasteiger partial charge < -0.3 is 10.6 Å². The zero-order valence-corrected chi connectivity index (χ0v) is 11.5. The molecule has 3 nitrogen and oxygen atoms in total. The molecule has 0 aromatic heterocycles. The summed E-state index contributed by atoms with van der Waals surface area (Å²) in [4.78, 5) is 11.5. The van der Waals surface area contributed by atoms with Gasteiger partial charge in [-0.3, -0.25) is 4.79 Å². The fourth-order valence-electron chi connectivity index (χ4n) is 1.08. The quantitative estimate of drug-likeness (QED) is 0.898. The first kappa shape index (κ1) is 13.5. The molecule has 0 aliphatic carbocycles. The highest BCUT2D eigenvalue weighted by Crippen LogP contribution is 2.25. The molecule has 0 heterocycles. The van der Waals surface area contributed by atoms with Gasteiger partial charge in [0, 0.05) is 15.5 Å². The molecule has 0 aliphatic heterocycles. The summed E-state index contributed by atoms with van der Waals surface area (Å²) in [5, 5.41) is 6.41. The highest BCUT2D eigenvalue weighted by atomic mass is 79.9. The van der Waals surface area contributed by atoms with E-state index in [0.717, 1.165) is 4.47 Å². The summed E-state index contributed by atoms with van der Waals surface area (Å²) in [6, 6.07) is 5.55. The van der Waals surface area contributed by atoms with Gasteiger partial charge in [-0.1, -0.05) is 25.4 Å². The number of hydrogen-bond acceptors (Lipinski definition) is 2. The maximum atomic E-state index is 11.5. The zero-order chi connectivity index (χ0) is 12.1. The molecule has 0 unspecified atom stereocenters. The highest BCUT2D eigenvalue weighted by Gasteiger charge is 2.06. The normalized spacial score (nSPS) is 10.6. The number of carbonyl (C=O) groups excluding carboxylic acids is 1. The van der Waals surface area contributed by atoms with Crippen molar-refractivity contribution >= 4 is 39.1 Å². The Morgan fingerprint density at radius 3 is 2.81 bits per heavy atom. The van der Waals surface area contributed by atoms with Gasteiger partial charge in [0.15, 0.2) is 0 Å². The minimum Gasteiger partial charge on any atom is -0.324 e. The van der Waals surface area contributed by atoms with Crippen molar-refractivity contribution in [1.82, 2.24) is 5.32 Å². The summed E-state index contributed by atoms with van der Waals surface area (Å²) in [5.74, 6) is -0.0864. The Morgan fingerprint density at radius 2 is 2.19 bits per heavy atom. The van der Waals surface area contributed by atoms with Crippen LogP contribution in [-0.2, 0) is 4.79 Å². The largest absolute Gasteiger partial charge is 0.324 e. The predicted molar refractivity (Wildman–Crippen MR) is 70.9 cm³/mol. The highest BCUT2D eigenvalue weighted by molar-refractivity contribution is 9.10. The lowest BCUT2D eigenvalue weighted by atomic mass is 10.3. The van der Waals surface area contributed by atoms with Crippen LogP contribution < -0.4 is 10.6 Å². The molecule has 2 N–H and O–H groups in total. The molecule has 0 spiro atoms. The van der Waals surface area contributed by atoms with Crippen LogP contribution in [0.5, 0.6) is 0 Å². The zero-order valence-electron chi connectivity index (χ0n) is 9.18. The van der Waals surface area contributed by atoms with Crippen molar-refractivity contribution < 1.29 is 4.79 Å². The molecular weight excluding hydrogens is 291 g/mol. The molecule has 0 aliphatic rings.